The Kier molecular flexibility index (Phi) is 6.50. The van der Waals surface area contributed by atoms with E-state index in [0.717, 1.165) is 11.7 Å². The van der Waals surface area contributed by atoms with E-state index < -0.39 is 15.2 Å². The van der Waals surface area contributed by atoms with Gasteiger partial charge in [0.25, 0.3) is 0 Å². The molecule has 4 aromatic rings. The summed E-state index contributed by atoms with van der Waals surface area (Å²) in [6.45, 7) is 2.27. The highest BCUT2D eigenvalue weighted by atomic mass is 32.1. The maximum atomic E-state index is 14.7. The molecule has 4 aromatic carbocycles. The average molecular weight is 416 g/mol. The van der Waals surface area contributed by atoms with E-state index in [0.29, 0.717) is 5.56 Å². The van der Waals surface area contributed by atoms with Gasteiger partial charge < -0.3 is 0 Å². The minimum absolute atomic E-state index is 0.158. The standard InChI is InChI=1S/C26H23FP2/c1-2-28(26-20-12-10-18-24(26)23-17-9-11-19-25(23)27)29(21-13-5-3-6-14-21)22-15-7-4-8-16-22/h3-20H,2H2,1H3. The molecular formula is C26H23FP2. The molecule has 144 valence electrons. The molecule has 0 fully saturated rings. The lowest BCUT2D eigenvalue weighted by Crippen LogP contribution is -2.16. The van der Waals surface area contributed by atoms with Crippen LogP contribution in [0.15, 0.2) is 109 Å². The van der Waals surface area contributed by atoms with Gasteiger partial charge in [-0.2, -0.15) is 0 Å². The van der Waals surface area contributed by atoms with Gasteiger partial charge in [-0.1, -0.05) is 110 Å². The van der Waals surface area contributed by atoms with E-state index in [1.54, 1.807) is 12.1 Å². The minimum Gasteiger partial charge on any atom is -0.206 e. The van der Waals surface area contributed by atoms with Crippen molar-refractivity contribution in [3.63, 3.8) is 0 Å². The van der Waals surface area contributed by atoms with E-state index in [-0.39, 0.29) is 5.82 Å². The normalized spacial score (nSPS) is 12.1. The molecule has 4 rings (SSSR count). The third kappa shape index (κ3) is 4.32. The first-order valence-electron chi connectivity index (χ1n) is 9.81. The molecule has 0 bridgehead atoms. The molecular weight excluding hydrogens is 393 g/mol. The second-order valence-electron chi connectivity index (χ2n) is 6.70. The first-order chi connectivity index (χ1) is 14.3. The van der Waals surface area contributed by atoms with E-state index in [1.165, 1.54) is 15.9 Å². The van der Waals surface area contributed by atoms with E-state index in [9.17, 15) is 4.39 Å². The van der Waals surface area contributed by atoms with Crippen LogP contribution in [-0.2, 0) is 0 Å². The van der Waals surface area contributed by atoms with Crippen molar-refractivity contribution in [1.29, 1.82) is 0 Å². The summed E-state index contributed by atoms with van der Waals surface area (Å²) in [7, 11) is -1.09. The van der Waals surface area contributed by atoms with Crippen molar-refractivity contribution in [3.8, 4) is 11.1 Å². The van der Waals surface area contributed by atoms with Gasteiger partial charge in [0.05, 0.1) is 0 Å². The van der Waals surface area contributed by atoms with Crippen LogP contribution in [0.25, 0.3) is 11.1 Å². The van der Waals surface area contributed by atoms with Crippen molar-refractivity contribution < 1.29 is 4.39 Å². The number of hydrogen-bond donors (Lipinski definition) is 0. The minimum atomic E-state index is -0.565. The van der Waals surface area contributed by atoms with Crippen molar-refractivity contribution in [2.24, 2.45) is 0 Å². The molecule has 0 amide bonds. The summed E-state index contributed by atoms with van der Waals surface area (Å²) < 4.78 is 14.7. The summed E-state index contributed by atoms with van der Waals surface area (Å²) in [5.74, 6) is -0.158. The molecule has 0 saturated heterocycles. The van der Waals surface area contributed by atoms with Gasteiger partial charge in [0.1, 0.15) is 5.82 Å². The summed E-state index contributed by atoms with van der Waals surface area (Å²) in [6, 6.07) is 37.1. The van der Waals surface area contributed by atoms with Crippen molar-refractivity contribution in [2.45, 2.75) is 6.92 Å². The van der Waals surface area contributed by atoms with Crippen molar-refractivity contribution in [1.82, 2.24) is 0 Å². The first-order valence-corrected chi connectivity index (χ1v) is 13.4. The summed E-state index contributed by atoms with van der Waals surface area (Å²) in [5, 5.41) is 4.05. The van der Waals surface area contributed by atoms with Crippen molar-refractivity contribution in [2.75, 3.05) is 6.16 Å². The van der Waals surface area contributed by atoms with Crippen LogP contribution < -0.4 is 15.9 Å². The molecule has 1 atom stereocenters. The van der Waals surface area contributed by atoms with Gasteiger partial charge in [0, 0.05) is 5.56 Å². The summed E-state index contributed by atoms with van der Waals surface area (Å²) in [4.78, 5) is 0. The topological polar surface area (TPSA) is 0 Å². The quantitative estimate of drug-likeness (QED) is 0.308. The second kappa shape index (κ2) is 9.45. The Bertz CT molecular complexity index is 1020. The van der Waals surface area contributed by atoms with Crippen LogP contribution in [0.2, 0.25) is 0 Å². The van der Waals surface area contributed by atoms with Gasteiger partial charge in [-0.3, -0.25) is 0 Å². The van der Waals surface area contributed by atoms with E-state index in [4.69, 9.17) is 0 Å². The van der Waals surface area contributed by atoms with Crippen LogP contribution in [0.4, 0.5) is 4.39 Å². The molecule has 0 heterocycles. The summed E-state index contributed by atoms with van der Waals surface area (Å²) in [5.41, 5.74) is 1.72. The molecule has 0 nitrogen and oxygen atoms in total. The largest absolute Gasteiger partial charge is 0.206 e. The highest BCUT2D eigenvalue weighted by Gasteiger charge is 2.27. The number of hydrogen-bond acceptors (Lipinski definition) is 0. The highest BCUT2D eigenvalue weighted by Crippen LogP contribution is 2.66. The zero-order valence-corrected chi connectivity index (χ0v) is 18.2. The van der Waals surface area contributed by atoms with Crippen molar-refractivity contribution in [3.05, 3.63) is 115 Å². The third-order valence-electron chi connectivity index (χ3n) is 4.89. The molecule has 0 N–H and O–H groups in total. The van der Waals surface area contributed by atoms with Crippen LogP contribution in [0.3, 0.4) is 0 Å². The Balaban J connectivity index is 1.89. The summed E-state index contributed by atoms with van der Waals surface area (Å²) >= 11 is 0. The zero-order chi connectivity index (χ0) is 20.1. The molecule has 1 unspecified atom stereocenters. The third-order valence-corrected chi connectivity index (χ3v) is 12.8. The molecule has 0 spiro atoms. The Hall–Kier alpha value is -2.33. The monoisotopic (exact) mass is 416 g/mol. The molecule has 0 saturated carbocycles. The average Bonchev–Trinajstić information content (AvgIpc) is 2.79. The Morgan fingerprint density at radius 2 is 1.07 bits per heavy atom. The fourth-order valence-corrected chi connectivity index (χ4v) is 11.4. The van der Waals surface area contributed by atoms with Crippen LogP contribution >= 0.6 is 15.2 Å². The Morgan fingerprint density at radius 3 is 1.62 bits per heavy atom. The van der Waals surface area contributed by atoms with Gasteiger partial charge in [-0.15, -0.1) is 0 Å². The molecule has 0 aromatic heterocycles. The van der Waals surface area contributed by atoms with Crippen LogP contribution in [0, 0.1) is 5.82 Å². The molecule has 0 aliphatic carbocycles. The predicted molar refractivity (Wildman–Crippen MR) is 128 cm³/mol. The van der Waals surface area contributed by atoms with Gasteiger partial charge >= 0.3 is 0 Å². The smallest absolute Gasteiger partial charge is 0.131 e. The van der Waals surface area contributed by atoms with Gasteiger partial charge in [-0.05, 0) is 48.9 Å². The van der Waals surface area contributed by atoms with Crippen LogP contribution in [-0.4, -0.2) is 6.16 Å². The molecule has 29 heavy (non-hydrogen) atoms. The zero-order valence-electron chi connectivity index (χ0n) is 16.4. The number of halogens is 1. The van der Waals surface area contributed by atoms with Crippen molar-refractivity contribution >= 4 is 31.1 Å². The lowest BCUT2D eigenvalue weighted by Gasteiger charge is -2.30. The highest BCUT2D eigenvalue weighted by molar-refractivity contribution is 8.38. The first kappa shape index (κ1) is 20.0. The number of benzene rings is 4. The van der Waals surface area contributed by atoms with E-state index in [1.807, 2.05) is 18.2 Å². The predicted octanol–water partition coefficient (Wildman–Crippen LogP) is 6.67. The fraction of sp³-hybridized carbons (Fsp3) is 0.0769. The van der Waals surface area contributed by atoms with Crippen LogP contribution in [0.1, 0.15) is 6.92 Å². The fourth-order valence-electron chi connectivity index (χ4n) is 3.59. The Labute approximate surface area is 174 Å². The SMILES string of the molecule is CCP(c1ccccc1-c1ccccc1F)P(c1ccccc1)c1ccccc1. The molecule has 0 radical (unpaired) electrons. The number of rotatable bonds is 6. The molecule has 0 aliphatic rings. The maximum absolute atomic E-state index is 14.7. The summed E-state index contributed by atoms with van der Waals surface area (Å²) in [6.07, 6.45) is 1.05. The molecule has 0 aliphatic heterocycles. The lowest BCUT2D eigenvalue weighted by atomic mass is 10.1. The lowest BCUT2D eigenvalue weighted by molar-refractivity contribution is 0.631. The second-order valence-corrected chi connectivity index (χ2v) is 12.9. The van der Waals surface area contributed by atoms with Crippen LogP contribution in [0.5, 0.6) is 0 Å². The van der Waals surface area contributed by atoms with E-state index in [2.05, 4.69) is 85.8 Å². The maximum Gasteiger partial charge on any atom is 0.131 e. The van der Waals surface area contributed by atoms with Gasteiger partial charge in [-0.25, -0.2) is 4.39 Å². The van der Waals surface area contributed by atoms with Gasteiger partial charge in [0.15, 0.2) is 0 Å². The molecule has 3 heteroatoms. The van der Waals surface area contributed by atoms with E-state index >= 15 is 0 Å². The Morgan fingerprint density at radius 1 is 0.586 bits per heavy atom. The van der Waals surface area contributed by atoms with Gasteiger partial charge in [0.2, 0.25) is 0 Å².